The third-order valence-electron chi connectivity index (χ3n) is 3.03. The van der Waals surface area contributed by atoms with Crippen LogP contribution in [0.4, 0.5) is 0 Å². The van der Waals surface area contributed by atoms with E-state index >= 15 is 0 Å². The highest BCUT2D eigenvalue weighted by atomic mass is 79.9. The lowest BCUT2D eigenvalue weighted by Gasteiger charge is -2.08. The summed E-state index contributed by atoms with van der Waals surface area (Å²) in [7, 11) is 0. The first-order valence-corrected chi connectivity index (χ1v) is 6.74. The first-order chi connectivity index (χ1) is 8.50. The lowest BCUT2D eigenvalue weighted by Crippen LogP contribution is -2.04. The van der Waals surface area contributed by atoms with Gasteiger partial charge in [-0.3, -0.25) is 4.79 Å². The maximum atomic E-state index is 12.4. The van der Waals surface area contributed by atoms with E-state index in [1.54, 1.807) is 18.2 Å². The average Bonchev–Trinajstić information content (AvgIpc) is 2.35. The molecule has 2 aromatic carbocycles. The quantitative estimate of drug-likeness (QED) is 0.715. The second-order valence-electron chi connectivity index (χ2n) is 4.21. The molecule has 0 fully saturated rings. The Kier molecular flexibility index (Phi) is 3.88. The van der Waals surface area contributed by atoms with E-state index in [0.717, 1.165) is 21.2 Å². The molecule has 0 heterocycles. The van der Waals surface area contributed by atoms with Gasteiger partial charge in [0.25, 0.3) is 0 Å². The predicted octanol–water partition coefficient (Wildman–Crippen LogP) is 4.95. The lowest BCUT2D eigenvalue weighted by atomic mass is 9.96. The van der Waals surface area contributed by atoms with Crippen molar-refractivity contribution < 1.29 is 4.79 Å². The number of hydrogen-bond acceptors (Lipinski definition) is 1. The maximum absolute atomic E-state index is 12.4. The average molecular weight is 324 g/mol. The van der Waals surface area contributed by atoms with Crippen LogP contribution >= 0.6 is 27.5 Å². The fourth-order valence-electron chi connectivity index (χ4n) is 1.79. The number of halogens is 2. The van der Waals surface area contributed by atoms with Crippen molar-refractivity contribution in [3.63, 3.8) is 0 Å². The van der Waals surface area contributed by atoms with Crippen LogP contribution in [-0.2, 0) is 0 Å². The zero-order valence-corrected chi connectivity index (χ0v) is 12.5. The number of aryl methyl sites for hydroxylation is 1. The van der Waals surface area contributed by atoms with E-state index in [9.17, 15) is 4.79 Å². The second kappa shape index (κ2) is 5.25. The summed E-state index contributed by atoms with van der Waals surface area (Å²) in [6.45, 7) is 3.96. The van der Waals surface area contributed by atoms with E-state index in [-0.39, 0.29) is 5.78 Å². The number of benzene rings is 2. The Bertz CT molecular complexity index is 620. The van der Waals surface area contributed by atoms with Crippen molar-refractivity contribution in [2.45, 2.75) is 13.8 Å². The number of carbonyl (C=O) groups excluding carboxylic acids is 1. The molecule has 0 saturated heterocycles. The molecule has 0 saturated carbocycles. The normalized spacial score (nSPS) is 10.4. The Morgan fingerprint density at radius 3 is 2.56 bits per heavy atom. The van der Waals surface area contributed by atoms with Crippen LogP contribution in [0.1, 0.15) is 27.0 Å². The molecule has 0 aliphatic rings. The van der Waals surface area contributed by atoms with Crippen LogP contribution in [0, 0.1) is 13.8 Å². The highest BCUT2D eigenvalue weighted by molar-refractivity contribution is 9.10. The number of rotatable bonds is 2. The van der Waals surface area contributed by atoms with E-state index in [1.807, 2.05) is 32.0 Å². The van der Waals surface area contributed by atoms with Crippen LogP contribution in [0.3, 0.4) is 0 Å². The van der Waals surface area contributed by atoms with Gasteiger partial charge in [-0.15, -0.1) is 0 Å². The molecule has 3 heteroatoms. The third kappa shape index (κ3) is 2.50. The fourth-order valence-corrected chi connectivity index (χ4v) is 2.22. The van der Waals surface area contributed by atoms with Gasteiger partial charge in [-0.25, -0.2) is 0 Å². The van der Waals surface area contributed by atoms with E-state index in [0.29, 0.717) is 10.6 Å². The molecule has 0 spiro atoms. The van der Waals surface area contributed by atoms with E-state index in [4.69, 9.17) is 11.6 Å². The minimum Gasteiger partial charge on any atom is -0.289 e. The Hall–Kier alpha value is -1.12. The lowest BCUT2D eigenvalue weighted by molar-refractivity contribution is 0.103. The van der Waals surface area contributed by atoms with Crippen LogP contribution in [-0.4, -0.2) is 5.78 Å². The topological polar surface area (TPSA) is 17.1 Å². The van der Waals surface area contributed by atoms with Gasteiger partial charge in [0.1, 0.15) is 0 Å². The molecular formula is C15H12BrClO. The molecule has 18 heavy (non-hydrogen) atoms. The summed E-state index contributed by atoms with van der Waals surface area (Å²) in [5, 5.41) is 0.547. The SMILES string of the molecule is Cc1cccc(C(=O)c2ccc(Br)c(Cl)c2)c1C. The first-order valence-electron chi connectivity index (χ1n) is 5.56. The summed E-state index contributed by atoms with van der Waals surface area (Å²) in [5.74, 6) is 0.00519. The van der Waals surface area contributed by atoms with Gasteiger partial charge in [0.05, 0.1) is 5.02 Å². The van der Waals surface area contributed by atoms with Gasteiger partial charge in [-0.2, -0.15) is 0 Å². The summed E-state index contributed by atoms with van der Waals surface area (Å²) in [4.78, 5) is 12.4. The highest BCUT2D eigenvalue weighted by Crippen LogP contribution is 2.25. The van der Waals surface area contributed by atoms with Crippen molar-refractivity contribution in [1.29, 1.82) is 0 Å². The first kappa shape index (κ1) is 13.3. The molecule has 2 rings (SSSR count). The molecule has 0 unspecified atom stereocenters. The molecule has 0 aliphatic heterocycles. The van der Waals surface area contributed by atoms with Crippen molar-refractivity contribution >= 4 is 33.3 Å². The molecule has 0 amide bonds. The highest BCUT2D eigenvalue weighted by Gasteiger charge is 2.13. The van der Waals surface area contributed by atoms with Crippen molar-refractivity contribution in [2.24, 2.45) is 0 Å². The minimum atomic E-state index is 0.00519. The summed E-state index contributed by atoms with van der Waals surface area (Å²) < 4.78 is 0.793. The molecule has 92 valence electrons. The molecule has 0 bridgehead atoms. The second-order valence-corrected chi connectivity index (χ2v) is 5.47. The van der Waals surface area contributed by atoms with E-state index in [2.05, 4.69) is 15.9 Å². The Morgan fingerprint density at radius 1 is 1.17 bits per heavy atom. The Balaban J connectivity index is 2.48. The molecule has 0 aromatic heterocycles. The Labute approximate surface area is 120 Å². The van der Waals surface area contributed by atoms with Crippen molar-refractivity contribution in [2.75, 3.05) is 0 Å². The fraction of sp³-hybridized carbons (Fsp3) is 0.133. The van der Waals surface area contributed by atoms with Gasteiger partial charge in [0.2, 0.25) is 0 Å². The van der Waals surface area contributed by atoms with Crippen molar-refractivity contribution in [1.82, 2.24) is 0 Å². The zero-order valence-electron chi connectivity index (χ0n) is 10.1. The summed E-state index contributed by atoms with van der Waals surface area (Å²) >= 11 is 9.33. The van der Waals surface area contributed by atoms with Crippen molar-refractivity contribution in [3.8, 4) is 0 Å². The van der Waals surface area contributed by atoms with E-state index in [1.165, 1.54) is 0 Å². The maximum Gasteiger partial charge on any atom is 0.193 e. The minimum absolute atomic E-state index is 0.00519. The number of ketones is 1. The standard InChI is InChI=1S/C15H12BrClO/c1-9-4-3-5-12(10(9)2)15(18)11-6-7-13(16)14(17)8-11/h3-8H,1-2H3. The summed E-state index contributed by atoms with van der Waals surface area (Å²) in [6.07, 6.45) is 0. The third-order valence-corrected chi connectivity index (χ3v) is 4.26. The van der Waals surface area contributed by atoms with Gasteiger partial charge < -0.3 is 0 Å². The Morgan fingerprint density at radius 2 is 1.89 bits per heavy atom. The molecule has 1 nitrogen and oxygen atoms in total. The summed E-state index contributed by atoms with van der Waals surface area (Å²) in [5.41, 5.74) is 3.47. The van der Waals surface area contributed by atoms with Gasteiger partial charge >= 0.3 is 0 Å². The van der Waals surface area contributed by atoms with Crippen LogP contribution in [0.25, 0.3) is 0 Å². The van der Waals surface area contributed by atoms with Gasteiger partial charge in [0.15, 0.2) is 5.78 Å². The van der Waals surface area contributed by atoms with Gasteiger partial charge in [0, 0.05) is 15.6 Å². The number of carbonyl (C=O) groups is 1. The van der Waals surface area contributed by atoms with E-state index < -0.39 is 0 Å². The van der Waals surface area contributed by atoms with Crippen LogP contribution in [0.5, 0.6) is 0 Å². The molecule has 0 atom stereocenters. The van der Waals surface area contributed by atoms with Crippen LogP contribution in [0.2, 0.25) is 5.02 Å². The monoisotopic (exact) mass is 322 g/mol. The molecule has 0 aliphatic carbocycles. The predicted molar refractivity (Wildman–Crippen MR) is 78.5 cm³/mol. The van der Waals surface area contributed by atoms with Gasteiger partial charge in [-0.1, -0.05) is 29.8 Å². The van der Waals surface area contributed by atoms with Crippen LogP contribution in [0.15, 0.2) is 40.9 Å². The molecule has 0 radical (unpaired) electrons. The largest absolute Gasteiger partial charge is 0.289 e. The smallest absolute Gasteiger partial charge is 0.193 e. The van der Waals surface area contributed by atoms with Gasteiger partial charge in [-0.05, 0) is 59.1 Å². The van der Waals surface area contributed by atoms with Crippen LogP contribution < -0.4 is 0 Å². The number of hydrogen-bond donors (Lipinski definition) is 0. The molecule has 0 N–H and O–H groups in total. The molecule has 2 aromatic rings. The van der Waals surface area contributed by atoms with Crippen molar-refractivity contribution in [3.05, 3.63) is 68.1 Å². The molecular weight excluding hydrogens is 312 g/mol. The summed E-state index contributed by atoms with van der Waals surface area (Å²) in [6, 6.07) is 11.0. The zero-order chi connectivity index (χ0) is 13.3.